The van der Waals surface area contributed by atoms with Gasteiger partial charge < -0.3 is 47.9 Å². The van der Waals surface area contributed by atoms with Crippen LogP contribution in [0.3, 0.4) is 0 Å². The van der Waals surface area contributed by atoms with Crippen molar-refractivity contribution in [2.45, 2.75) is 95.4 Å². The average Bonchev–Trinajstić information content (AvgIpc) is 3.84. The van der Waals surface area contributed by atoms with Crippen molar-refractivity contribution >= 4 is 58.2 Å². The molecule has 17 nitrogen and oxygen atoms in total. The Kier molecular flexibility index (Phi) is 13.1. The summed E-state index contributed by atoms with van der Waals surface area (Å²) in [5.74, 6) is -4.81. The molecule has 0 unspecified atom stereocenters. The number of aromatic amines is 1. The molecule has 2 aliphatic heterocycles. The fraction of sp³-hybridized carbons (Fsp3) is 0.529. The van der Waals surface area contributed by atoms with Gasteiger partial charge in [0.2, 0.25) is 47.3 Å². The van der Waals surface area contributed by atoms with Crippen LogP contribution in [0.15, 0.2) is 30.5 Å². The molecule has 0 radical (unpaired) electrons. The van der Waals surface area contributed by atoms with Crippen LogP contribution < -0.4 is 38.1 Å². The fourth-order valence-electron chi connectivity index (χ4n) is 6.38. The zero-order valence-electron chi connectivity index (χ0n) is 28.8. The molecule has 1 aromatic carbocycles. The van der Waals surface area contributed by atoms with Gasteiger partial charge in [0.1, 0.15) is 30.2 Å². The number of carbonyl (C=O) groups excluding carboxylic acids is 8. The Morgan fingerprint density at radius 1 is 0.941 bits per heavy atom. The second-order valence-corrected chi connectivity index (χ2v) is 13.4. The van der Waals surface area contributed by atoms with Crippen molar-refractivity contribution in [3.63, 3.8) is 0 Å². The van der Waals surface area contributed by atoms with Gasteiger partial charge in [-0.05, 0) is 49.7 Å². The van der Waals surface area contributed by atoms with Crippen LogP contribution in [0.4, 0.5) is 0 Å². The molecule has 2 aliphatic rings. The van der Waals surface area contributed by atoms with Gasteiger partial charge in [-0.2, -0.15) is 0 Å². The summed E-state index contributed by atoms with van der Waals surface area (Å²) in [5, 5.41) is 13.8. The molecule has 276 valence electrons. The van der Waals surface area contributed by atoms with Gasteiger partial charge in [0, 0.05) is 42.9 Å². The number of para-hydroxylation sites is 1. The monoisotopic (exact) mass is 709 g/mol. The second kappa shape index (κ2) is 17.4. The van der Waals surface area contributed by atoms with Gasteiger partial charge in [0.15, 0.2) is 0 Å². The van der Waals surface area contributed by atoms with Gasteiger partial charge in [0.05, 0.1) is 6.54 Å². The van der Waals surface area contributed by atoms with Crippen LogP contribution >= 0.6 is 0 Å². The van der Waals surface area contributed by atoms with Crippen molar-refractivity contribution in [3.05, 3.63) is 36.0 Å². The molecule has 1 aromatic heterocycles. The van der Waals surface area contributed by atoms with Crippen molar-refractivity contribution in [1.29, 1.82) is 0 Å². The molecule has 10 N–H and O–H groups in total. The SMILES string of the molecule is CC(C)C[C@H](NC(=O)CNC(=O)[C@@H]1CCCN1C(=O)[C@H](CCC(N)=O)NC(=O)[C@@H]1CCC(=O)N1)C(=O)N[C@@H](Cc1c[nH]c2ccccc12)C(N)=O. The van der Waals surface area contributed by atoms with E-state index >= 15 is 0 Å². The summed E-state index contributed by atoms with van der Waals surface area (Å²) in [6.45, 7) is 3.42. The average molecular weight is 710 g/mol. The van der Waals surface area contributed by atoms with Crippen molar-refractivity contribution in [3.8, 4) is 0 Å². The zero-order valence-corrected chi connectivity index (χ0v) is 28.8. The minimum absolute atomic E-state index is 0.0257. The Morgan fingerprint density at radius 2 is 1.69 bits per heavy atom. The number of amides is 8. The summed E-state index contributed by atoms with van der Waals surface area (Å²) in [5.41, 5.74) is 12.6. The molecule has 2 saturated heterocycles. The first kappa shape index (κ1) is 38.3. The number of primary amides is 2. The molecule has 4 rings (SSSR count). The van der Waals surface area contributed by atoms with E-state index in [4.69, 9.17) is 11.5 Å². The molecule has 8 amide bonds. The number of carbonyl (C=O) groups is 8. The Labute approximate surface area is 294 Å². The molecular weight excluding hydrogens is 662 g/mol. The Hall–Kier alpha value is -5.48. The van der Waals surface area contributed by atoms with E-state index in [9.17, 15) is 38.4 Å². The number of benzene rings is 1. The number of likely N-dealkylation sites (tertiary alicyclic amines) is 1. The predicted molar refractivity (Wildman–Crippen MR) is 184 cm³/mol. The summed E-state index contributed by atoms with van der Waals surface area (Å²) in [4.78, 5) is 106. The van der Waals surface area contributed by atoms with Crippen LogP contribution in [0.25, 0.3) is 10.9 Å². The number of nitrogens with one attached hydrogen (secondary N) is 6. The number of H-pyrrole nitrogens is 1. The smallest absolute Gasteiger partial charge is 0.245 e. The molecule has 5 atom stereocenters. The topological polar surface area (TPSA) is 268 Å². The molecule has 0 aliphatic carbocycles. The van der Waals surface area contributed by atoms with Crippen LogP contribution in [-0.4, -0.2) is 100 Å². The lowest BCUT2D eigenvalue weighted by Crippen LogP contribution is -2.57. The minimum Gasteiger partial charge on any atom is -0.370 e. The van der Waals surface area contributed by atoms with E-state index in [0.717, 1.165) is 16.5 Å². The molecule has 17 heteroatoms. The normalized spacial score (nSPS) is 18.8. The Bertz CT molecular complexity index is 1660. The van der Waals surface area contributed by atoms with E-state index in [0.29, 0.717) is 6.42 Å². The zero-order chi connectivity index (χ0) is 37.2. The summed E-state index contributed by atoms with van der Waals surface area (Å²) >= 11 is 0. The third kappa shape index (κ3) is 10.5. The number of hydrogen-bond acceptors (Lipinski definition) is 8. The maximum Gasteiger partial charge on any atom is 0.245 e. The second-order valence-electron chi connectivity index (χ2n) is 13.4. The van der Waals surface area contributed by atoms with Crippen molar-refractivity contribution in [1.82, 2.24) is 36.5 Å². The molecule has 3 heterocycles. The highest BCUT2D eigenvalue weighted by molar-refractivity contribution is 5.97. The number of nitrogens with two attached hydrogens (primary N) is 2. The lowest BCUT2D eigenvalue weighted by molar-refractivity contribution is -0.142. The Morgan fingerprint density at radius 3 is 2.35 bits per heavy atom. The van der Waals surface area contributed by atoms with Crippen molar-refractivity contribution < 1.29 is 38.4 Å². The van der Waals surface area contributed by atoms with Gasteiger partial charge >= 0.3 is 0 Å². The first-order chi connectivity index (χ1) is 24.2. The number of nitrogens with zero attached hydrogens (tertiary/aromatic N) is 1. The van der Waals surface area contributed by atoms with Gasteiger partial charge in [-0.25, -0.2) is 0 Å². The molecule has 0 bridgehead atoms. The van der Waals surface area contributed by atoms with E-state index in [1.54, 1.807) is 6.20 Å². The van der Waals surface area contributed by atoms with E-state index in [-0.39, 0.29) is 63.3 Å². The Balaban J connectivity index is 1.35. The highest BCUT2D eigenvalue weighted by Gasteiger charge is 2.39. The van der Waals surface area contributed by atoms with Gasteiger partial charge in [-0.1, -0.05) is 32.0 Å². The lowest BCUT2D eigenvalue weighted by Gasteiger charge is -2.29. The quantitative estimate of drug-likeness (QED) is 0.0941. The van der Waals surface area contributed by atoms with E-state index in [1.807, 2.05) is 38.1 Å². The first-order valence-electron chi connectivity index (χ1n) is 17.1. The number of fused-ring (bicyclic) bond motifs is 1. The highest BCUT2D eigenvalue weighted by atomic mass is 16.2. The molecular formula is C34H47N9O8. The van der Waals surface area contributed by atoms with Crippen LogP contribution in [0.1, 0.15) is 64.4 Å². The van der Waals surface area contributed by atoms with Crippen molar-refractivity contribution in [2.24, 2.45) is 17.4 Å². The van der Waals surface area contributed by atoms with E-state index < -0.39 is 78.1 Å². The standard InChI is InChI=1S/C34H47N9O8/c1-18(2)14-25(32(49)42-24(30(36)47)15-19-16-37-21-7-4-3-6-20(19)21)40-29(46)17-38-33(50)26-8-5-13-43(26)34(51)23(9-11-27(35)44)41-31(48)22-10-12-28(45)39-22/h3-4,6-7,16,18,22-26,37H,5,8-15,17H2,1-2H3,(H2,35,44)(H2,36,47)(H,38,50)(H,39,45)(H,40,46)(H,41,48)(H,42,49)/t22-,23-,24-,25-,26-/m0/s1. The first-order valence-corrected chi connectivity index (χ1v) is 17.1. The maximum absolute atomic E-state index is 13.6. The predicted octanol–water partition coefficient (Wildman–Crippen LogP) is -1.65. The number of hydrogen-bond donors (Lipinski definition) is 8. The largest absolute Gasteiger partial charge is 0.370 e. The molecule has 2 aromatic rings. The molecule has 2 fully saturated rings. The van der Waals surface area contributed by atoms with E-state index in [2.05, 4.69) is 31.6 Å². The van der Waals surface area contributed by atoms with Gasteiger partial charge in [0.25, 0.3) is 0 Å². The molecule has 51 heavy (non-hydrogen) atoms. The van der Waals surface area contributed by atoms with Crippen molar-refractivity contribution in [2.75, 3.05) is 13.1 Å². The van der Waals surface area contributed by atoms with Gasteiger partial charge in [-0.15, -0.1) is 0 Å². The maximum atomic E-state index is 13.6. The third-order valence-electron chi connectivity index (χ3n) is 8.99. The van der Waals surface area contributed by atoms with Crippen LogP contribution in [0.5, 0.6) is 0 Å². The number of rotatable bonds is 17. The summed E-state index contributed by atoms with van der Waals surface area (Å²) in [6, 6.07) is 2.46. The summed E-state index contributed by atoms with van der Waals surface area (Å²) in [6.07, 6.45) is 2.99. The van der Waals surface area contributed by atoms with Crippen LogP contribution in [-0.2, 0) is 44.8 Å². The molecule has 0 saturated carbocycles. The summed E-state index contributed by atoms with van der Waals surface area (Å²) in [7, 11) is 0. The third-order valence-corrected chi connectivity index (χ3v) is 8.99. The summed E-state index contributed by atoms with van der Waals surface area (Å²) < 4.78 is 0. The molecule has 0 spiro atoms. The van der Waals surface area contributed by atoms with Crippen LogP contribution in [0, 0.1) is 5.92 Å². The fourth-order valence-corrected chi connectivity index (χ4v) is 6.38. The number of aromatic nitrogens is 1. The van der Waals surface area contributed by atoms with Crippen LogP contribution in [0.2, 0.25) is 0 Å². The lowest BCUT2D eigenvalue weighted by atomic mass is 10.0. The van der Waals surface area contributed by atoms with E-state index in [1.165, 1.54) is 4.90 Å². The highest BCUT2D eigenvalue weighted by Crippen LogP contribution is 2.21. The van der Waals surface area contributed by atoms with Gasteiger partial charge in [-0.3, -0.25) is 38.4 Å². The minimum atomic E-state index is -1.17.